The molecule has 0 saturated carbocycles. The Morgan fingerprint density at radius 1 is 0.968 bits per heavy atom. The summed E-state index contributed by atoms with van der Waals surface area (Å²) >= 11 is 0. The number of aromatic nitrogens is 1. The Morgan fingerprint density at radius 3 is 2.45 bits per heavy atom. The Hall–Kier alpha value is -3.49. The first kappa shape index (κ1) is 20.8. The van der Waals surface area contributed by atoms with Crippen LogP contribution in [0.15, 0.2) is 66.7 Å². The maximum Gasteiger partial charge on any atom is 0.255 e. The van der Waals surface area contributed by atoms with E-state index in [0.717, 1.165) is 49.6 Å². The van der Waals surface area contributed by atoms with Crippen LogP contribution < -0.4 is 0 Å². The summed E-state index contributed by atoms with van der Waals surface area (Å²) in [4.78, 5) is 22.2. The predicted octanol–water partition coefficient (Wildman–Crippen LogP) is 4.28. The highest BCUT2D eigenvalue weighted by Crippen LogP contribution is 2.20. The number of pyridine rings is 1. The minimum atomic E-state index is 0.0600. The zero-order chi connectivity index (χ0) is 21.6. The summed E-state index contributed by atoms with van der Waals surface area (Å²) in [7, 11) is 0. The van der Waals surface area contributed by atoms with Crippen LogP contribution in [0.4, 0.5) is 0 Å². The van der Waals surface area contributed by atoms with Gasteiger partial charge in [0.1, 0.15) is 0 Å². The number of hydrogen-bond acceptors (Lipinski definition) is 4. The standard InChI is InChI=1S/C26H26N4O/c1-20-24(12-13-25(28-20)23-6-3-2-4-7-23)26(31)30-15-5-14-29(16-17-30)19-22-10-8-21(18-27)9-11-22/h2-4,6-13H,5,14-17,19H2,1H3. The minimum absolute atomic E-state index is 0.0600. The van der Waals surface area contributed by atoms with Crippen molar-refractivity contribution in [2.75, 3.05) is 26.2 Å². The fraction of sp³-hybridized carbons (Fsp3) is 0.269. The van der Waals surface area contributed by atoms with Crippen molar-refractivity contribution >= 4 is 5.91 Å². The molecule has 5 nitrogen and oxygen atoms in total. The summed E-state index contributed by atoms with van der Waals surface area (Å²) in [5.41, 5.74) is 5.26. The third-order valence-electron chi connectivity index (χ3n) is 5.75. The first-order valence-electron chi connectivity index (χ1n) is 10.7. The van der Waals surface area contributed by atoms with Crippen molar-refractivity contribution in [1.29, 1.82) is 5.26 Å². The lowest BCUT2D eigenvalue weighted by Gasteiger charge is -2.22. The summed E-state index contributed by atoms with van der Waals surface area (Å²) in [5.74, 6) is 0.0600. The van der Waals surface area contributed by atoms with Crippen LogP contribution in [-0.2, 0) is 6.54 Å². The number of rotatable bonds is 4. The third-order valence-corrected chi connectivity index (χ3v) is 5.75. The van der Waals surface area contributed by atoms with Crippen molar-refractivity contribution in [2.24, 2.45) is 0 Å². The molecule has 2 aromatic carbocycles. The molecule has 1 amide bonds. The molecule has 0 unspecified atom stereocenters. The molecule has 4 rings (SSSR count). The maximum absolute atomic E-state index is 13.2. The van der Waals surface area contributed by atoms with Gasteiger partial charge in [0.2, 0.25) is 0 Å². The molecule has 1 fully saturated rings. The smallest absolute Gasteiger partial charge is 0.255 e. The van der Waals surface area contributed by atoms with Gasteiger partial charge in [-0.15, -0.1) is 0 Å². The number of hydrogen-bond donors (Lipinski definition) is 0. The highest BCUT2D eigenvalue weighted by molar-refractivity contribution is 5.95. The number of aryl methyl sites for hydroxylation is 1. The molecule has 156 valence electrons. The van der Waals surface area contributed by atoms with Gasteiger partial charge in [-0.05, 0) is 43.2 Å². The van der Waals surface area contributed by atoms with Crippen LogP contribution in [-0.4, -0.2) is 46.9 Å². The molecule has 0 aliphatic carbocycles. The number of benzene rings is 2. The van der Waals surface area contributed by atoms with Gasteiger partial charge in [-0.2, -0.15) is 5.26 Å². The monoisotopic (exact) mass is 410 g/mol. The van der Waals surface area contributed by atoms with Crippen LogP contribution in [0.25, 0.3) is 11.3 Å². The first-order valence-corrected chi connectivity index (χ1v) is 10.7. The van der Waals surface area contributed by atoms with Crippen LogP contribution in [0.2, 0.25) is 0 Å². The minimum Gasteiger partial charge on any atom is -0.337 e. The molecule has 1 saturated heterocycles. The van der Waals surface area contributed by atoms with E-state index in [4.69, 9.17) is 5.26 Å². The van der Waals surface area contributed by atoms with Crippen LogP contribution in [0.3, 0.4) is 0 Å². The highest BCUT2D eigenvalue weighted by Gasteiger charge is 2.22. The average Bonchev–Trinajstić information content (AvgIpc) is 3.05. The van der Waals surface area contributed by atoms with E-state index in [9.17, 15) is 4.79 Å². The third kappa shape index (κ3) is 4.99. The summed E-state index contributed by atoms with van der Waals surface area (Å²) < 4.78 is 0. The molecule has 1 aliphatic heterocycles. The van der Waals surface area contributed by atoms with Crippen LogP contribution in [0.1, 0.15) is 33.6 Å². The quantitative estimate of drug-likeness (QED) is 0.644. The van der Waals surface area contributed by atoms with Crippen molar-refractivity contribution in [3.63, 3.8) is 0 Å². The number of amides is 1. The second-order valence-electron chi connectivity index (χ2n) is 7.93. The van der Waals surface area contributed by atoms with Crippen molar-refractivity contribution in [2.45, 2.75) is 19.9 Å². The van der Waals surface area contributed by atoms with Crippen LogP contribution in [0.5, 0.6) is 0 Å². The molecule has 0 N–H and O–H groups in total. The summed E-state index contributed by atoms with van der Waals surface area (Å²) in [6.07, 6.45) is 0.941. The maximum atomic E-state index is 13.2. The second-order valence-corrected chi connectivity index (χ2v) is 7.93. The number of carbonyl (C=O) groups is 1. The van der Waals surface area contributed by atoms with E-state index in [1.54, 1.807) is 0 Å². The fourth-order valence-electron chi connectivity index (χ4n) is 4.00. The highest BCUT2D eigenvalue weighted by atomic mass is 16.2. The zero-order valence-electron chi connectivity index (χ0n) is 17.8. The Labute approximate surface area is 183 Å². The van der Waals surface area contributed by atoms with Gasteiger partial charge in [-0.3, -0.25) is 14.7 Å². The largest absolute Gasteiger partial charge is 0.337 e. The van der Waals surface area contributed by atoms with E-state index in [0.29, 0.717) is 17.7 Å². The van der Waals surface area contributed by atoms with Crippen LogP contribution >= 0.6 is 0 Å². The normalized spacial score (nSPS) is 14.6. The summed E-state index contributed by atoms with van der Waals surface area (Å²) in [6, 6.07) is 23.8. The molecular formula is C26H26N4O. The SMILES string of the molecule is Cc1nc(-c2ccccc2)ccc1C(=O)N1CCCN(Cc2ccc(C#N)cc2)CC1. The van der Waals surface area contributed by atoms with E-state index in [1.165, 1.54) is 5.56 Å². The van der Waals surface area contributed by atoms with Gasteiger partial charge in [0, 0.05) is 38.3 Å². The van der Waals surface area contributed by atoms with Gasteiger partial charge in [0.05, 0.1) is 28.6 Å². The Morgan fingerprint density at radius 2 is 1.74 bits per heavy atom. The Balaban J connectivity index is 1.41. The molecule has 31 heavy (non-hydrogen) atoms. The Kier molecular flexibility index (Phi) is 6.40. The molecule has 1 aromatic heterocycles. The van der Waals surface area contributed by atoms with Gasteiger partial charge < -0.3 is 4.90 Å². The van der Waals surface area contributed by atoms with E-state index in [2.05, 4.69) is 16.0 Å². The number of nitrogens with zero attached hydrogens (tertiary/aromatic N) is 4. The van der Waals surface area contributed by atoms with Gasteiger partial charge in [-0.1, -0.05) is 42.5 Å². The van der Waals surface area contributed by atoms with E-state index in [1.807, 2.05) is 78.6 Å². The van der Waals surface area contributed by atoms with Crippen molar-refractivity contribution in [3.05, 3.63) is 89.1 Å². The molecule has 2 heterocycles. The molecule has 0 bridgehead atoms. The van der Waals surface area contributed by atoms with E-state index >= 15 is 0 Å². The van der Waals surface area contributed by atoms with Crippen molar-refractivity contribution < 1.29 is 4.79 Å². The molecule has 0 atom stereocenters. The van der Waals surface area contributed by atoms with Crippen molar-refractivity contribution in [1.82, 2.24) is 14.8 Å². The molecule has 5 heteroatoms. The molecule has 3 aromatic rings. The van der Waals surface area contributed by atoms with Gasteiger partial charge in [-0.25, -0.2) is 0 Å². The van der Waals surface area contributed by atoms with Gasteiger partial charge in [0.15, 0.2) is 0 Å². The average molecular weight is 411 g/mol. The number of carbonyl (C=O) groups excluding carboxylic acids is 1. The molecular weight excluding hydrogens is 384 g/mol. The predicted molar refractivity (Wildman–Crippen MR) is 121 cm³/mol. The second kappa shape index (κ2) is 9.55. The van der Waals surface area contributed by atoms with Gasteiger partial charge >= 0.3 is 0 Å². The van der Waals surface area contributed by atoms with Crippen LogP contribution in [0, 0.1) is 18.3 Å². The topological polar surface area (TPSA) is 60.2 Å². The lowest BCUT2D eigenvalue weighted by molar-refractivity contribution is 0.0760. The zero-order valence-corrected chi connectivity index (χ0v) is 17.8. The first-order chi connectivity index (χ1) is 15.1. The van der Waals surface area contributed by atoms with E-state index in [-0.39, 0.29) is 5.91 Å². The molecule has 0 spiro atoms. The Bertz CT molecular complexity index is 1090. The summed E-state index contributed by atoms with van der Waals surface area (Å²) in [6.45, 7) is 5.99. The fourth-order valence-corrected chi connectivity index (χ4v) is 4.00. The lowest BCUT2D eigenvalue weighted by atomic mass is 10.1. The molecule has 1 aliphatic rings. The molecule has 0 radical (unpaired) electrons. The number of nitriles is 1. The van der Waals surface area contributed by atoms with Gasteiger partial charge in [0.25, 0.3) is 5.91 Å². The van der Waals surface area contributed by atoms with Crippen molar-refractivity contribution in [3.8, 4) is 17.3 Å². The summed E-state index contributed by atoms with van der Waals surface area (Å²) in [5, 5.41) is 8.95. The lowest BCUT2D eigenvalue weighted by Crippen LogP contribution is -2.35. The van der Waals surface area contributed by atoms with E-state index < -0.39 is 0 Å².